The van der Waals surface area contributed by atoms with Gasteiger partial charge in [-0.15, -0.1) is 11.3 Å². The molecule has 0 aliphatic rings. The molecule has 1 aromatic rings. The Morgan fingerprint density at radius 3 is 2.35 bits per heavy atom. The van der Waals surface area contributed by atoms with Crippen LogP contribution in [0.25, 0.3) is 0 Å². The molecule has 0 aromatic carbocycles. The SMILES string of the molecule is COCCCC(=O)CC(c1ccc(C(C)C)s1)C(C)C. The number of carbonyl (C=O) groups excluding carboxylic acids is 1. The molecule has 0 bridgehead atoms. The minimum absolute atomic E-state index is 0.361. The highest BCUT2D eigenvalue weighted by Gasteiger charge is 2.21. The van der Waals surface area contributed by atoms with Gasteiger partial charge >= 0.3 is 0 Å². The second-order valence-electron chi connectivity index (χ2n) is 6.08. The molecule has 0 aliphatic heterocycles. The third kappa shape index (κ3) is 5.37. The number of hydrogen-bond acceptors (Lipinski definition) is 3. The third-order valence-electron chi connectivity index (χ3n) is 3.64. The first-order valence-corrected chi connectivity index (χ1v) is 8.37. The molecule has 1 atom stereocenters. The van der Waals surface area contributed by atoms with E-state index in [9.17, 15) is 4.79 Å². The van der Waals surface area contributed by atoms with Crippen molar-refractivity contribution < 1.29 is 9.53 Å². The molecule has 114 valence electrons. The van der Waals surface area contributed by atoms with Gasteiger partial charge in [-0.2, -0.15) is 0 Å². The summed E-state index contributed by atoms with van der Waals surface area (Å²) in [5.41, 5.74) is 0. The number of ketones is 1. The lowest BCUT2D eigenvalue weighted by Gasteiger charge is -2.19. The maximum Gasteiger partial charge on any atom is 0.133 e. The molecule has 0 fully saturated rings. The van der Waals surface area contributed by atoms with Gasteiger partial charge in [0.2, 0.25) is 0 Å². The van der Waals surface area contributed by atoms with E-state index in [4.69, 9.17) is 4.74 Å². The molecule has 1 unspecified atom stereocenters. The molecule has 2 nitrogen and oxygen atoms in total. The maximum absolute atomic E-state index is 12.1. The van der Waals surface area contributed by atoms with Gasteiger partial charge in [0.25, 0.3) is 0 Å². The normalized spacial score (nSPS) is 13.2. The molecule has 0 amide bonds. The molecule has 0 radical (unpaired) electrons. The first-order chi connectivity index (χ1) is 9.45. The molecule has 0 spiro atoms. The minimum Gasteiger partial charge on any atom is -0.385 e. The topological polar surface area (TPSA) is 26.3 Å². The highest BCUT2D eigenvalue weighted by Crippen LogP contribution is 2.35. The Bertz CT molecular complexity index is 407. The van der Waals surface area contributed by atoms with Crippen molar-refractivity contribution in [3.05, 3.63) is 21.9 Å². The van der Waals surface area contributed by atoms with E-state index in [0.717, 1.165) is 6.42 Å². The van der Waals surface area contributed by atoms with Gasteiger partial charge in [0, 0.05) is 42.2 Å². The zero-order valence-electron chi connectivity index (χ0n) is 13.4. The van der Waals surface area contributed by atoms with E-state index in [1.165, 1.54) is 9.75 Å². The zero-order valence-corrected chi connectivity index (χ0v) is 14.3. The van der Waals surface area contributed by atoms with Crippen LogP contribution in [0, 0.1) is 5.92 Å². The Balaban J connectivity index is 2.66. The number of Topliss-reactive ketones (excluding diaryl/α,β-unsaturated/α-hetero) is 1. The van der Waals surface area contributed by atoms with Crippen molar-refractivity contribution >= 4 is 17.1 Å². The smallest absolute Gasteiger partial charge is 0.133 e. The Labute approximate surface area is 127 Å². The van der Waals surface area contributed by atoms with Crippen molar-refractivity contribution in [3.8, 4) is 0 Å². The summed E-state index contributed by atoms with van der Waals surface area (Å²) < 4.78 is 5.01. The van der Waals surface area contributed by atoms with Crippen molar-refractivity contribution in [2.75, 3.05) is 13.7 Å². The number of thiophene rings is 1. The number of hydrogen-bond donors (Lipinski definition) is 0. The average Bonchev–Trinajstić information content (AvgIpc) is 2.85. The molecule has 1 rings (SSSR count). The summed E-state index contributed by atoms with van der Waals surface area (Å²) in [5.74, 6) is 1.79. The van der Waals surface area contributed by atoms with Crippen LogP contribution < -0.4 is 0 Å². The molecular weight excluding hydrogens is 268 g/mol. The van der Waals surface area contributed by atoms with Crippen LogP contribution >= 0.6 is 11.3 Å². The number of methoxy groups -OCH3 is 1. The molecule has 0 saturated heterocycles. The molecule has 3 heteroatoms. The summed E-state index contributed by atoms with van der Waals surface area (Å²) in [5, 5.41) is 0. The number of ether oxygens (including phenoxy) is 1. The van der Waals surface area contributed by atoms with Crippen molar-refractivity contribution in [2.45, 2.75) is 58.8 Å². The van der Waals surface area contributed by atoms with Crippen molar-refractivity contribution in [3.63, 3.8) is 0 Å². The van der Waals surface area contributed by atoms with E-state index in [1.54, 1.807) is 7.11 Å². The van der Waals surface area contributed by atoms with Crippen LogP contribution in [0.15, 0.2) is 12.1 Å². The fraction of sp³-hybridized carbons (Fsp3) is 0.706. The van der Waals surface area contributed by atoms with Gasteiger partial charge in [-0.1, -0.05) is 27.7 Å². The molecule has 1 aromatic heterocycles. The zero-order chi connectivity index (χ0) is 15.1. The number of carbonyl (C=O) groups is 1. The van der Waals surface area contributed by atoms with Crippen LogP contribution in [-0.4, -0.2) is 19.5 Å². The van der Waals surface area contributed by atoms with E-state index >= 15 is 0 Å². The Kier molecular flexibility index (Phi) is 7.46. The fourth-order valence-electron chi connectivity index (χ4n) is 2.30. The van der Waals surface area contributed by atoms with Crippen LogP contribution in [0.2, 0.25) is 0 Å². The van der Waals surface area contributed by atoms with Gasteiger partial charge < -0.3 is 4.74 Å². The van der Waals surface area contributed by atoms with Gasteiger partial charge in [0.15, 0.2) is 0 Å². The van der Waals surface area contributed by atoms with Crippen LogP contribution in [0.1, 0.15) is 68.5 Å². The Hall–Kier alpha value is -0.670. The van der Waals surface area contributed by atoms with Gasteiger partial charge in [0.05, 0.1) is 0 Å². The van der Waals surface area contributed by atoms with E-state index in [1.807, 2.05) is 11.3 Å². The highest BCUT2D eigenvalue weighted by atomic mass is 32.1. The first-order valence-electron chi connectivity index (χ1n) is 7.56. The first kappa shape index (κ1) is 17.4. The predicted molar refractivity (Wildman–Crippen MR) is 86.7 cm³/mol. The van der Waals surface area contributed by atoms with Crippen molar-refractivity contribution in [1.29, 1.82) is 0 Å². The van der Waals surface area contributed by atoms with E-state index in [2.05, 4.69) is 39.8 Å². The predicted octanol–water partition coefficient (Wildman–Crippen LogP) is 5.00. The standard InChI is InChI=1S/C17H28O2S/c1-12(2)15(11-14(18)7-6-10-19-5)17-9-8-16(20-17)13(3)4/h8-9,12-13,15H,6-7,10-11H2,1-5H3. The van der Waals surface area contributed by atoms with E-state index in [0.29, 0.717) is 43.0 Å². The Morgan fingerprint density at radius 1 is 1.20 bits per heavy atom. The second kappa shape index (κ2) is 8.58. The van der Waals surface area contributed by atoms with Crippen LogP contribution in [0.4, 0.5) is 0 Å². The summed E-state index contributed by atoms with van der Waals surface area (Å²) >= 11 is 1.87. The Morgan fingerprint density at radius 2 is 1.85 bits per heavy atom. The average molecular weight is 296 g/mol. The van der Waals surface area contributed by atoms with Crippen LogP contribution in [-0.2, 0) is 9.53 Å². The molecule has 20 heavy (non-hydrogen) atoms. The van der Waals surface area contributed by atoms with E-state index < -0.39 is 0 Å². The monoisotopic (exact) mass is 296 g/mol. The van der Waals surface area contributed by atoms with Gasteiger partial charge in [0.1, 0.15) is 5.78 Å². The molecule has 0 saturated carbocycles. The quantitative estimate of drug-likeness (QED) is 0.600. The minimum atomic E-state index is 0.361. The van der Waals surface area contributed by atoms with Gasteiger partial charge in [-0.05, 0) is 30.4 Å². The summed E-state index contributed by atoms with van der Waals surface area (Å²) in [7, 11) is 1.68. The molecular formula is C17H28O2S. The van der Waals surface area contributed by atoms with Gasteiger partial charge in [-0.3, -0.25) is 4.79 Å². The lowest BCUT2D eigenvalue weighted by molar-refractivity contribution is -0.119. The van der Waals surface area contributed by atoms with E-state index in [-0.39, 0.29) is 0 Å². The maximum atomic E-state index is 12.1. The van der Waals surface area contributed by atoms with Crippen molar-refractivity contribution in [1.82, 2.24) is 0 Å². The fourth-order valence-corrected chi connectivity index (χ4v) is 3.59. The summed E-state index contributed by atoms with van der Waals surface area (Å²) in [6.45, 7) is 9.53. The second-order valence-corrected chi connectivity index (χ2v) is 7.23. The summed E-state index contributed by atoms with van der Waals surface area (Å²) in [6, 6.07) is 4.43. The largest absolute Gasteiger partial charge is 0.385 e. The number of rotatable bonds is 9. The van der Waals surface area contributed by atoms with Gasteiger partial charge in [-0.25, -0.2) is 0 Å². The summed E-state index contributed by atoms with van der Waals surface area (Å²) in [6.07, 6.45) is 2.14. The highest BCUT2D eigenvalue weighted by molar-refractivity contribution is 7.12. The van der Waals surface area contributed by atoms with Crippen LogP contribution in [0.3, 0.4) is 0 Å². The molecule has 0 aliphatic carbocycles. The lowest BCUT2D eigenvalue weighted by atomic mass is 9.88. The molecule has 1 heterocycles. The van der Waals surface area contributed by atoms with Crippen LogP contribution in [0.5, 0.6) is 0 Å². The summed E-state index contributed by atoms with van der Waals surface area (Å²) in [4.78, 5) is 14.9. The molecule has 0 N–H and O–H groups in total. The lowest BCUT2D eigenvalue weighted by Crippen LogP contribution is -2.12. The third-order valence-corrected chi connectivity index (χ3v) is 5.16. The van der Waals surface area contributed by atoms with Crippen molar-refractivity contribution in [2.24, 2.45) is 5.92 Å².